The summed E-state index contributed by atoms with van der Waals surface area (Å²) in [5.41, 5.74) is 20.8. The van der Waals surface area contributed by atoms with Crippen molar-refractivity contribution in [2.75, 3.05) is 46.0 Å². The number of anilines is 1. The van der Waals surface area contributed by atoms with Crippen LogP contribution < -0.4 is 16.8 Å². The summed E-state index contributed by atoms with van der Waals surface area (Å²) in [6.07, 6.45) is 11.6. The number of nitrogens with one attached hydrogen (secondary N) is 3. The van der Waals surface area contributed by atoms with E-state index in [1.165, 1.54) is 47.5 Å². The molecule has 11 heteroatoms. The van der Waals surface area contributed by atoms with Crippen LogP contribution in [0.5, 0.6) is 0 Å². The Morgan fingerprint density at radius 2 is 1.65 bits per heavy atom. The number of hydrogen-bond donors (Lipinski definition) is 5. The zero-order chi connectivity index (χ0) is 38.3. The number of morpholine rings is 1. The average molecular weight is 703 g/mol. The van der Waals surface area contributed by atoms with E-state index in [2.05, 4.69) is 36.5 Å². The Balaban J connectivity index is 0.000000399. The number of allylic oxidation sites excluding steroid dienone is 2. The number of aryl methyl sites for hydroxylation is 2. The van der Waals surface area contributed by atoms with Gasteiger partial charge in [0.25, 0.3) is 0 Å². The zero-order valence-electron chi connectivity index (χ0n) is 32.1. The maximum Gasteiger partial charge on any atom is 0.209 e. The van der Waals surface area contributed by atoms with Crippen LogP contribution in [-0.2, 0) is 27.2 Å². The van der Waals surface area contributed by atoms with E-state index < -0.39 is 0 Å². The highest BCUT2D eigenvalue weighted by molar-refractivity contribution is 6.05. The molecule has 1 aromatic heterocycles. The number of aromatic nitrogens is 1. The quantitative estimate of drug-likeness (QED) is 0.101. The largest absolute Gasteiger partial charge is 0.402 e. The van der Waals surface area contributed by atoms with Crippen LogP contribution in [0.1, 0.15) is 76.1 Å². The van der Waals surface area contributed by atoms with Gasteiger partial charge in [0.15, 0.2) is 0 Å². The van der Waals surface area contributed by atoms with Crippen molar-refractivity contribution in [3.05, 3.63) is 70.4 Å². The first-order chi connectivity index (χ1) is 24.5. The summed E-state index contributed by atoms with van der Waals surface area (Å²) >= 11 is 0. The van der Waals surface area contributed by atoms with E-state index in [1.807, 2.05) is 53.8 Å². The minimum Gasteiger partial charge on any atom is -0.402 e. The molecular formula is C40H62N8O3. The molecule has 51 heavy (non-hydrogen) atoms. The zero-order valence-corrected chi connectivity index (χ0v) is 32.1. The average Bonchev–Trinajstić information content (AvgIpc) is 3.15. The summed E-state index contributed by atoms with van der Waals surface area (Å²) in [4.78, 5) is 28.6. The SMILES string of the molecule is C/C=C(/N)CC=N.CC.CC1CN(C=O)CC(C)O1.CNCCN(C)C=O.Cc1ccc(-c2nc3ccc(N)c(C=N)c3c3c2CCCC3)cc1. The van der Waals surface area contributed by atoms with E-state index in [9.17, 15) is 9.59 Å². The second kappa shape index (κ2) is 24.5. The molecule has 1 aliphatic heterocycles. The molecule has 3 aromatic rings. The molecule has 0 bridgehead atoms. The van der Waals surface area contributed by atoms with Crippen molar-refractivity contribution in [2.24, 2.45) is 5.73 Å². The Morgan fingerprint density at radius 1 is 1.04 bits per heavy atom. The van der Waals surface area contributed by atoms with Gasteiger partial charge in [0.2, 0.25) is 12.8 Å². The molecular weight excluding hydrogens is 640 g/mol. The number of carbonyl (C=O) groups excluding carboxylic acids is 2. The van der Waals surface area contributed by atoms with Crippen molar-refractivity contribution in [1.29, 1.82) is 10.8 Å². The highest BCUT2D eigenvalue weighted by Gasteiger charge is 2.22. The van der Waals surface area contributed by atoms with Gasteiger partial charge in [0.05, 0.1) is 23.4 Å². The Labute approximate surface area is 305 Å². The van der Waals surface area contributed by atoms with Crippen LogP contribution in [0.2, 0.25) is 0 Å². The number of ether oxygens (including phenoxy) is 1. The molecule has 11 nitrogen and oxygen atoms in total. The fraction of sp³-hybridized carbons (Fsp3) is 0.475. The third kappa shape index (κ3) is 14.6. The standard InChI is InChI=1S/C21H21N3.C7H13NO2.C5H12N2O.C5H10N2.C2H6/c1-13-6-8-14(9-7-13)21-16-5-3-2-4-15(16)20-17(12-22)18(23)10-11-19(20)24-21;1-6-3-8(5-9)4-7(2)10-6;1-6-3-4-7(2)5-8;1-2-5(7)3-4-6;1-2/h6-12,22H,2-5,23H2,1H3;5-7H,3-4H2,1-2H3;5-6H,3-4H2,1-2H3;2,4,6H,3,7H2,1H3;1-2H3/b;;;5-2+,6-4?;. The van der Waals surface area contributed by atoms with Gasteiger partial charge < -0.3 is 42.1 Å². The van der Waals surface area contributed by atoms with Crippen molar-refractivity contribution in [3.63, 3.8) is 0 Å². The first-order valence-corrected chi connectivity index (χ1v) is 17.9. The van der Waals surface area contributed by atoms with E-state index in [1.54, 1.807) is 22.9 Å². The highest BCUT2D eigenvalue weighted by Crippen LogP contribution is 2.37. The van der Waals surface area contributed by atoms with Crippen molar-refractivity contribution in [2.45, 2.75) is 85.9 Å². The van der Waals surface area contributed by atoms with E-state index in [-0.39, 0.29) is 12.2 Å². The molecule has 2 aliphatic rings. The molecule has 0 radical (unpaired) electrons. The third-order valence-corrected chi connectivity index (χ3v) is 8.21. The van der Waals surface area contributed by atoms with Crippen LogP contribution in [0.3, 0.4) is 0 Å². The van der Waals surface area contributed by atoms with Gasteiger partial charge in [-0.2, -0.15) is 0 Å². The Morgan fingerprint density at radius 3 is 2.14 bits per heavy atom. The third-order valence-electron chi connectivity index (χ3n) is 8.21. The summed E-state index contributed by atoms with van der Waals surface area (Å²) in [6, 6.07) is 12.5. The predicted molar refractivity (Wildman–Crippen MR) is 214 cm³/mol. The first-order valence-electron chi connectivity index (χ1n) is 17.9. The van der Waals surface area contributed by atoms with Gasteiger partial charge in [0.1, 0.15) is 0 Å². The van der Waals surface area contributed by atoms with Gasteiger partial charge in [-0.25, -0.2) is 4.98 Å². The number of amides is 2. The summed E-state index contributed by atoms with van der Waals surface area (Å²) in [5.74, 6) is 0. The number of carbonyl (C=O) groups is 2. The molecule has 0 saturated carbocycles. The molecule has 7 N–H and O–H groups in total. The normalized spacial score (nSPS) is 16.2. The van der Waals surface area contributed by atoms with Gasteiger partial charge in [0, 0.05) is 80.0 Å². The number of likely N-dealkylation sites (N-methyl/N-ethyl adjacent to an activating group) is 2. The fourth-order valence-electron chi connectivity index (χ4n) is 5.65. The van der Waals surface area contributed by atoms with Gasteiger partial charge in [-0.05, 0) is 83.7 Å². The van der Waals surface area contributed by atoms with Crippen LogP contribution in [-0.4, -0.2) is 92.5 Å². The second-order valence-corrected chi connectivity index (χ2v) is 12.4. The van der Waals surface area contributed by atoms with Gasteiger partial charge in [-0.1, -0.05) is 49.8 Å². The minimum atomic E-state index is 0.189. The van der Waals surface area contributed by atoms with Crippen molar-refractivity contribution < 1.29 is 14.3 Å². The Hall–Kier alpha value is -4.61. The Kier molecular flexibility index (Phi) is 21.4. The molecule has 1 fully saturated rings. The van der Waals surface area contributed by atoms with Crippen LogP contribution >= 0.6 is 0 Å². The van der Waals surface area contributed by atoms with Gasteiger partial charge >= 0.3 is 0 Å². The highest BCUT2D eigenvalue weighted by atomic mass is 16.5. The lowest BCUT2D eigenvalue weighted by Gasteiger charge is -2.32. The maximum atomic E-state index is 10.3. The number of nitrogens with two attached hydrogens (primary N) is 2. The molecule has 5 rings (SSSR count). The number of hydrogen-bond acceptors (Lipinski definition) is 9. The smallest absolute Gasteiger partial charge is 0.209 e. The lowest BCUT2D eigenvalue weighted by molar-refractivity contribution is -0.130. The van der Waals surface area contributed by atoms with Crippen LogP contribution in [0.15, 0.2) is 48.2 Å². The van der Waals surface area contributed by atoms with E-state index in [0.29, 0.717) is 12.1 Å². The number of pyridine rings is 1. The molecule has 2 heterocycles. The minimum absolute atomic E-state index is 0.189. The summed E-state index contributed by atoms with van der Waals surface area (Å²) in [6.45, 7) is 15.0. The molecule has 2 aromatic carbocycles. The molecule has 1 aliphatic carbocycles. The number of rotatable bonds is 9. The van der Waals surface area contributed by atoms with Crippen molar-refractivity contribution in [3.8, 4) is 11.3 Å². The molecule has 1 saturated heterocycles. The summed E-state index contributed by atoms with van der Waals surface area (Å²) < 4.78 is 5.42. The fourth-order valence-corrected chi connectivity index (χ4v) is 5.65. The molecule has 0 spiro atoms. The van der Waals surface area contributed by atoms with Gasteiger partial charge in [-0.15, -0.1) is 0 Å². The molecule has 280 valence electrons. The van der Waals surface area contributed by atoms with Crippen LogP contribution in [0.25, 0.3) is 22.2 Å². The summed E-state index contributed by atoms with van der Waals surface area (Å²) in [5, 5.41) is 18.4. The number of nitrogen functional groups attached to an aromatic ring is 1. The lowest BCUT2D eigenvalue weighted by atomic mass is 9.85. The Bertz CT molecular complexity index is 1530. The van der Waals surface area contributed by atoms with Crippen LogP contribution in [0.4, 0.5) is 5.69 Å². The molecule has 2 unspecified atom stereocenters. The number of fused-ring (bicyclic) bond motifs is 3. The van der Waals surface area contributed by atoms with E-state index in [4.69, 9.17) is 32.0 Å². The van der Waals surface area contributed by atoms with E-state index in [0.717, 1.165) is 79.7 Å². The number of nitrogens with zero attached hydrogens (tertiary/aromatic N) is 3. The van der Waals surface area contributed by atoms with Crippen molar-refractivity contribution >= 4 is 41.8 Å². The maximum absolute atomic E-state index is 10.3. The molecule has 2 amide bonds. The monoisotopic (exact) mass is 702 g/mol. The van der Waals surface area contributed by atoms with Crippen molar-refractivity contribution in [1.82, 2.24) is 20.1 Å². The second-order valence-electron chi connectivity index (χ2n) is 12.4. The summed E-state index contributed by atoms with van der Waals surface area (Å²) in [7, 11) is 3.61. The molecule has 2 atom stereocenters. The van der Waals surface area contributed by atoms with E-state index >= 15 is 0 Å². The number of benzene rings is 2. The lowest BCUT2D eigenvalue weighted by Crippen LogP contribution is -2.44. The topological polar surface area (TPSA) is 175 Å². The van der Waals surface area contributed by atoms with Gasteiger partial charge in [-0.3, -0.25) is 9.59 Å². The van der Waals surface area contributed by atoms with Crippen LogP contribution in [0, 0.1) is 17.7 Å². The first kappa shape index (κ1) is 44.4. The predicted octanol–water partition coefficient (Wildman–Crippen LogP) is 6.13.